The first-order chi connectivity index (χ1) is 13.0. The molecule has 1 heterocycles. The molecule has 0 fully saturated rings. The lowest BCUT2D eigenvalue weighted by atomic mass is 10.2. The first-order valence-electron chi connectivity index (χ1n) is 7.76. The topological polar surface area (TPSA) is 104 Å². The van der Waals surface area contributed by atoms with Crippen LogP contribution in [0.15, 0.2) is 42.5 Å². The highest BCUT2D eigenvalue weighted by Crippen LogP contribution is 2.36. The van der Waals surface area contributed by atoms with E-state index in [2.05, 4.69) is 10.3 Å². The SMILES string of the molecule is COc1cc2nc(NC(=O)/C=C/c3cccc([N+](=O)[O-])c3)sc2cc1OC. The van der Waals surface area contributed by atoms with Crippen molar-refractivity contribution >= 4 is 44.4 Å². The second kappa shape index (κ2) is 7.83. The van der Waals surface area contributed by atoms with E-state index >= 15 is 0 Å². The third-order valence-electron chi connectivity index (χ3n) is 3.63. The predicted molar refractivity (Wildman–Crippen MR) is 103 cm³/mol. The van der Waals surface area contributed by atoms with E-state index in [0.29, 0.717) is 27.7 Å². The molecule has 9 heteroatoms. The molecule has 1 amide bonds. The van der Waals surface area contributed by atoms with Crippen LogP contribution < -0.4 is 14.8 Å². The van der Waals surface area contributed by atoms with Crippen molar-refractivity contribution in [2.24, 2.45) is 0 Å². The summed E-state index contributed by atoms with van der Waals surface area (Å²) in [6, 6.07) is 9.54. The number of thiazole rings is 1. The average molecular weight is 385 g/mol. The first-order valence-corrected chi connectivity index (χ1v) is 8.58. The van der Waals surface area contributed by atoms with Crippen LogP contribution >= 0.6 is 11.3 Å². The molecule has 0 aliphatic carbocycles. The molecule has 27 heavy (non-hydrogen) atoms. The quantitative estimate of drug-likeness (QED) is 0.392. The standard InChI is InChI=1S/C18H15N3O5S/c1-25-14-9-13-16(10-15(14)26-2)27-18(19-13)20-17(22)7-6-11-4-3-5-12(8-11)21(23)24/h3-10H,1-2H3,(H,19,20,22)/b7-6+. The van der Waals surface area contributed by atoms with E-state index in [9.17, 15) is 14.9 Å². The van der Waals surface area contributed by atoms with Crippen LogP contribution in [-0.2, 0) is 4.79 Å². The summed E-state index contributed by atoms with van der Waals surface area (Å²) in [6.07, 6.45) is 2.80. The van der Waals surface area contributed by atoms with Crippen molar-refractivity contribution in [3.63, 3.8) is 0 Å². The predicted octanol–water partition coefficient (Wildman–Crippen LogP) is 3.87. The summed E-state index contributed by atoms with van der Waals surface area (Å²) in [5, 5.41) is 13.9. The van der Waals surface area contributed by atoms with Gasteiger partial charge in [0.05, 0.1) is 29.4 Å². The molecule has 0 saturated heterocycles. The highest BCUT2D eigenvalue weighted by atomic mass is 32.1. The van der Waals surface area contributed by atoms with Gasteiger partial charge in [0.25, 0.3) is 5.69 Å². The maximum absolute atomic E-state index is 12.1. The molecule has 0 saturated carbocycles. The molecular formula is C18H15N3O5S. The Balaban J connectivity index is 1.75. The largest absolute Gasteiger partial charge is 0.493 e. The Kier molecular flexibility index (Phi) is 5.32. The number of hydrogen-bond acceptors (Lipinski definition) is 7. The number of nitro groups is 1. The number of rotatable bonds is 6. The van der Waals surface area contributed by atoms with E-state index in [1.807, 2.05) is 0 Å². The second-order valence-electron chi connectivity index (χ2n) is 5.37. The number of benzene rings is 2. The minimum atomic E-state index is -0.485. The van der Waals surface area contributed by atoms with Crippen molar-refractivity contribution < 1.29 is 19.2 Å². The lowest BCUT2D eigenvalue weighted by molar-refractivity contribution is -0.384. The zero-order chi connectivity index (χ0) is 19.4. The van der Waals surface area contributed by atoms with E-state index in [0.717, 1.165) is 4.70 Å². The molecular weight excluding hydrogens is 370 g/mol. The Hall–Kier alpha value is -3.46. The van der Waals surface area contributed by atoms with Crippen LogP contribution in [0.1, 0.15) is 5.56 Å². The number of non-ortho nitro benzene ring substituents is 1. The summed E-state index contributed by atoms with van der Waals surface area (Å²) < 4.78 is 11.3. The number of carbonyl (C=O) groups excluding carboxylic acids is 1. The highest BCUT2D eigenvalue weighted by Gasteiger charge is 2.11. The molecule has 0 spiro atoms. The Morgan fingerprint density at radius 1 is 1.22 bits per heavy atom. The average Bonchev–Trinajstić information content (AvgIpc) is 3.06. The Bertz CT molecular complexity index is 1000. The number of methoxy groups -OCH3 is 2. The van der Waals surface area contributed by atoms with Gasteiger partial charge in [-0.2, -0.15) is 0 Å². The van der Waals surface area contributed by atoms with Crippen molar-refractivity contribution in [3.8, 4) is 11.5 Å². The molecule has 0 aliphatic rings. The van der Waals surface area contributed by atoms with Gasteiger partial charge in [0.2, 0.25) is 5.91 Å². The fourth-order valence-electron chi connectivity index (χ4n) is 2.37. The molecule has 3 rings (SSSR count). The fraction of sp³-hybridized carbons (Fsp3) is 0.111. The van der Waals surface area contributed by atoms with Crippen molar-refractivity contribution in [1.29, 1.82) is 0 Å². The van der Waals surface area contributed by atoms with E-state index < -0.39 is 4.92 Å². The number of fused-ring (bicyclic) bond motifs is 1. The van der Waals surface area contributed by atoms with Crippen LogP contribution in [0.4, 0.5) is 10.8 Å². The van der Waals surface area contributed by atoms with Crippen LogP contribution in [-0.4, -0.2) is 30.0 Å². The molecule has 0 unspecified atom stereocenters. The fourth-order valence-corrected chi connectivity index (χ4v) is 3.25. The zero-order valence-electron chi connectivity index (χ0n) is 14.5. The number of aromatic nitrogens is 1. The molecule has 0 aliphatic heterocycles. The Labute approximate surface area is 158 Å². The van der Waals surface area contributed by atoms with Gasteiger partial charge in [0.1, 0.15) is 0 Å². The maximum atomic E-state index is 12.1. The third kappa shape index (κ3) is 4.21. The maximum Gasteiger partial charge on any atom is 0.270 e. The molecule has 8 nitrogen and oxygen atoms in total. The number of hydrogen-bond donors (Lipinski definition) is 1. The van der Waals surface area contributed by atoms with Gasteiger partial charge in [-0.05, 0) is 11.6 Å². The van der Waals surface area contributed by atoms with E-state index in [1.165, 1.54) is 42.7 Å². The van der Waals surface area contributed by atoms with Gasteiger partial charge < -0.3 is 9.47 Å². The molecule has 0 bridgehead atoms. The number of carbonyl (C=O) groups is 1. The minimum Gasteiger partial charge on any atom is -0.493 e. The molecule has 1 aromatic heterocycles. The third-order valence-corrected chi connectivity index (χ3v) is 4.57. The van der Waals surface area contributed by atoms with Gasteiger partial charge in [-0.1, -0.05) is 23.5 Å². The second-order valence-corrected chi connectivity index (χ2v) is 6.40. The molecule has 138 valence electrons. The molecule has 3 aromatic rings. The van der Waals surface area contributed by atoms with E-state index in [-0.39, 0.29) is 11.6 Å². The number of amides is 1. The summed E-state index contributed by atoms with van der Waals surface area (Å²) in [5.74, 6) is 0.746. The number of anilines is 1. The van der Waals surface area contributed by atoms with Crippen LogP contribution in [0, 0.1) is 10.1 Å². The van der Waals surface area contributed by atoms with Crippen LogP contribution in [0.3, 0.4) is 0 Å². The van der Waals surface area contributed by atoms with Gasteiger partial charge >= 0.3 is 0 Å². The summed E-state index contributed by atoms with van der Waals surface area (Å²) in [4.78, 5) is 26.8. The number of nitro benzene ring substituents is 1. The molecule has 0 atom stereocenters. The van der Waals surface area contributed by atoms with Gasteiger partial charge in [0, 0.05) is 30.3 Å². The van der Waals surface area contributed by atoms with Crippen molar-refractivity contribution in [3.05, 3.63) is 58.2 Å². The van der Waals surface area contributed by atoms with Gasteiger partial charge in [-0.3, -0.25) is 20.2 Å². The van der Waals surface area contributed by atoms with Gasteiger partial charge in [-0.15, -0.1) is 0 Å². The van der Waals surface area contributed by atoms with Crippen LogP contribution in [0.25, 0.3) is 16.3 Å². The van der Waals surface area contributed by atoms with Crippen molar-refractivity contribution in [1.82, 2.24) is 4.98 Å². The zero-order valence-corrected chi connectivity index (χ0v) is 15.3. The van der Waals surface area contributed by atoms with Crippen molar-refractivity contribution in [2.45, 2.75) is 0 Å². The van der Waals surface area contributed by atoms with Crippen molar-refractivity contribution in [2.75, 3.05) is 19.5 Å². The highest BCUT2D eigenvalue weighted by molar-refractivity contribution is 7.22. The summed E-state index contributed by atoms with van der Waals surface area (Å²) >= 11 is 1.30. The van der Waals surface area contributed by atoms with E-state index in [4.69, 9.17) is 9.47 Å². The summed E-state index contributed by atoms with van der Waals surface area (Å²) in [6.45, 7) is 0. The first kappa shape index (κ1) is 18.3. The Morgan fingerprint density at radius 2 is 1.96 bits per heavy atom. The minimum absolute atomic E-state index is 0.0355. The lowest BCUT2D eigenvalue weighted by Gasteiger charge is -2.05. The Morgan fingerprint density at radius 3 is 2.67 bits per heavy atom. The number of nitrogens with one attached hydrogen (secondary N) is 1. The normalized spacial score (nSPS) is 10.9. The van der Waals surface area contributed by atoms with Crippen LogP contribution in [0.5, 0.6) is 11.5 Å². The lowest BCUT2D eigenvalue weighted by Crippen LogP contribution is -2.07. The summed E-state index contributed by atoms with van der Waals surface area (Å²) in [7, 11) is 3.09. The molecule has 0 radical (unpaired) electrons. The molecule has 1 N–H and O–H groups in total. The smallest absolute Gasteiger partial charge is 0.270 e. The van der Waals surface area contributed by atoms with E-state index in [1.54, 1.807) is 31.4 Å². The summed E-state index contributed by atoms with van der Waals surface area (Å²) in [5.41, 5.74) is 1.19. The molecule has 2 aromatic carbocycles. The van der Waals surface area contributed by atoms with Gasteiger partial charge in [-0.25, -0.2) is 4.98 Å². The number of nitrogens with zero attached hydrogens (tertiary/aromatic N) is 2. The number of ether oxygens (including phenoxy) is 2. The van der Waals surface area contributed by atoms with Crippen LogP contribution in [0.2, 0.25) is 0 Å². The van der Waals surface area contributed by atoms with Gasteiger partial charge in [0.15, 0.2) is 16.6 Å². The monoisotopic (exact) mass is 385 g/mol.